The molecular weight excluding hydrogens is 191 g/mol. The van der Waals surface area contributed by atoms with Crippen LogP contribution in [0, 0.1) is 5.82 Å². The number of carbonyl (C=O) groups excluding carboxylic acids is 1. The van der Waals surface area contributed by atoms with E-state index in [2.05, 4.69) is 0 Å². The van der Waals surface area contributed by atoms with Crippen LogP contribution in [0.1, 0.15) is 12.0 Å². The van der Waals surface area contributed by atoms with Crippen LogP contribution >= 0.6 is 11.6 Å². The van der Waals surface area contributed by atoms with E-state index in [1.165, 1.54) is 12.1 Å². The quantitative estimate of drug-likeness (QED) is 0.683. The number of benzene rings is 1. The highest BCUT2D eigenvalue weighted by Crippen LogP contribution is 2.05. The van der Waals surface area contributed by atoms with Gasteiger partial charge in [0, 0.05) is 18.7 Å². The first-order valence-electron chi connectivity index (χ1n) is 4.04. The van der Waals surface area contributed by atoms with Gasteiger partial charge in [-0.15, -0.1) is 11.6 Å². The largest absolute Gasteiger partial charge is 0.299 e. The Bertz CT molecular complexity index is 299. The summed E-state index contributed by atoms with van der Waals surface area (Å²) in [6.07, 6.45) is 0.614. The van der Waals surface area contributed by atoms with E-state index in [9.17, 15) is 9.18 Å². The van der Waals surface area contributed by atoms with Gasteiger partial charge in [-0.2, -0.15) is 0 Å². The second-order valence-electron chi connectivity index (χ2n) is 2.78. The third-order valence-corrected chi connectivity index (χ3v) is 1.85. The molecule has 0 fully saturated rings. The normalized spacial score (nSPS) is 10.0. The lowest BCUT2D eigenvalue weighted by Gasteiger charge is -1.98. The van der Waals surface area contributed by atoms with E-state index in [1.807, 2.05) is 0 Å². The molecule has 13 heavy (non-hydrogen) atoms. The molecule has 0 saturated heterocycles. The van der Waals surface area contributed by atoms with E-state index < -0.39 is 0 Å². The van der Waals surface area contributed by atoms with E-state index >= 15 is 0 Å². The lowest BCUT2D eigenvalue weighted by molar-refractivity contribution is -0.118. The van der Waals surface area contributed by atoms with Crippen molar-refractivity contribution in [1.82, 2.24) is 0 Å². The van der Waals surface area contributed by atoms with E-state index in [4.69, 9.17) is 11.6 Å². The molecule has 70 valence electrons. The number of carbonyl (C=O) groups is 1. The Morgan fingerprint density at radius 3 is 2.85 bits per heavy atom. The van der Waals surface area contributed by atoms with Gasteiger partial charge >= 0.3 is 0 Å². The minimum Gasteiger partial charge on any atom is -0.299 e. The summed E-state index contributed by atoms with van der Waals surface area (Å²) in [4.78, 5) is 11.1. The van der Waals surface area contributed by atoms with Crippen molar-refractivity contribution < 1.29 is 9.18 Å². The highest BCUT2D eigenvalue weighted by molar-refractivity contribution is 6.19. The molecule has 3 heteroatoms. The molecule has 0 aromatic heterocycles. The van der Waals surface area contributed by atoms with Gasteiger partial charge in [-0.05, 0) is 17.7 Å². The number of alkyl halides is 1. The number of rotatable bonds is 4. The van der Waals surface area contributed by atoms with Gasteiger partial charge in [0.1, 0.15) is 11.6 Å². The standard InChI is InChI=1S/C10H10ClFO/c11-5-4-10(13)7-8-2-1-3-9(12)6-8/h1-3,6H,4-5,7H2. The monoisotopic (exact) mass is 200 g/mol. The fraction of sp³-hybridized carbons (Fsp3) is 0.300. The van der Waals surface area contributed by atoms with E-state index in [0.29, 0.717) is 17.9 Å². The molecule has 1 aromatic rings. The van der Waals surface area contributed by atoms with Crippen molar-refractivity contribution in [2.24, 2.45) is 0 Å². The maximum Gasteiger partial charge on any atom is 0.138 e. The minimum atomic E-state index is -0.309. The summed E-state index contributed by atoms with van der Waals surface area (Å²) < 4.78 is 12.7. The molecule has 0 aliphatic rings. The SMILES string of the molecule is O=C(CCCl)Cc1cccc(F)c1. The second kappa shape index (κ2) is 4.97. The molecule has 1 aromatic carbocycles. The van der Waals surface area contributed by atoms with Gasteiger partial charge in [0.2, 0.25) is 0 Å². The van der Waals surface area contributed by atoms with E-state index in [1.54, 1.807) is 12.1 Å². The van der Waals surface area contributed by atoms with Gasteiger partial charge in [-0.3, -0.25) is 4.79 Å². The van der Waals surface area contributed by atoms with Gasteiger partial charge in [-0.25, -0.2) is 4.39 Å². The first-order valence-corrected chi connectivity index (χ1v) is 4.58. The van der Waals surface area contributed by atoms with Crippen molar-refractivity contribution in [3.63, 3.8) is 0 Å². The topological polar surface area (TPSA) is 17.1 Å². The van der Waals surface area contributed by atoms with Crippen LogP contribution in [0.2, 0.25) is 0 Å². The second-order valence-corrected chi connectivity index (χ2v) is 3.16. The summed E-state index contributed by atoms with van der Waals surface area (Å²) in [5.41, 5.74) is 0.704. The molecule has 0 saturated carbocycles. The smallest absolute Gasteiger partial charge is 0.138 e. The Kier molecular flexibility index (Phi) is 3.90. The fourth-order valence-electron chi connectivity index (χ4n) is 1.07. The number of hydrogen-bond acceptors (Lipinski definition) is 1. The predicted molar refractivity (Wildman–Crippen MR) is 50.4 cm³/mol. The first-order chi connectivity index (χ1) is 6.22. The van der Waals surface area contributed by atoms with Gasteiger partial charge in [0.05, 0.1) is 0 Å². The Morgan fingerprint density at radius 2 is 2.23 bits per heavy atom. The van der Waals surface area contributed by atoms with Crippen LogP contribution in [0.3, 0.4) is 0 Å². The van der Waals surface area contributed by atoms with Crippen LogP contribution in [0.25, 0.3) is 0 Å². The van der Waals surface area contributed by atoms with Crippen LogP contribution in [0.5, 0.6) is 0 Å². The first kappa shape index (κ1) is 10.2. The van der Waals surface area contributed by atoms with Crippen LogP contribution in [0.15, 0.2) is 24.3 Å². The summed E-state index contributed by atoms with van der Waals surface area (Å²) in [5, 5.41) is 0. The molecule has 0 heterocycles. The molecule has 0 bridgehead atoms. The average molecular weight is 201 g/mol. The summed E-state index contributed by atoms with van der Waals surface area (Å²) in [6.45, 7) is 0. The predicted octanol–water partition coefficient (Wildman–Crippen LogP) is 2.57. The Hall–Kier alpha value is -0.890. The van der Waals surface area contributed by atoms with Crippen LogP contribution in [-0.2, 0) is 11.2 Å². The third-order valence-electron chi connectivity index (χ3n) is 1.66. The van der Waals surface area contributed by atoms with Gasteiger partial charge in [0.15, 0.2) is 0 Å². The summed E-state index contributed by atoms with van der Waals surface area (Å²) in [6, 6.07) is 6.05. The van der Waals surface area contributed by atoms with Crippen molar-refractivity contribution in [3.8, 4) is 0 Å². The zero-order valence-corrected chi connectivity index (χ0v) is 7.85. The number of hydrogen-bond donors (Lipinski definition) is 0. The molecule has 0 radical (unpaired) electrons. The maximum absolute atomic E-state index is 12.7. The molecule has 0 atom stereocenters. The van der Waals surface area contributed by atoms with Gasteiger partial charge in [-0.1, -0.05) is 12.1 Å². The number of ketones is 1. The summed E-state index contributed by atoms with van der Waals surface area (Å²) >= 11 is 5.40. The van der Waals surface area contributed by atoms with Crippen molar-refractivity contribution in [2.75, 3.05) is 5.88 Å². The zero-order valence-electron chi connectivity index (χ0n) is 7.09. The van der Waals surface area contributed by atoms with Gasteiger partial charge in [0.25, 0.3) is 0 Å². The lowest BCUT2D eigenvalue weighted by Crippen LogP contribution is -2.03. The van der Waals surface area contributed by atoms with Crippen molar-refractivity contribution in [2.45, 2.75) is 12.8 Å². The molecule has 0 amide bonds. The maximum atomic E-state index is 12.7. The molecule has 0 aliphatic heterocycles. The van der Waals surface area contributed by atoms with Crippen LogP contribution in [-0.4, -0.2) is 11.7 Å². The summed E-state index contributed by atoms with van der Waals surface area (Å²) in [5.74, 6) is 0.0607. The van der Waals surface area contributed by atoms with E-state index in [0.717, 1.165) is 0 Å². The average Bonchev–Trinajstić information content (AvgIpc) is 2.04. The van der Waals surface area contributed by atoms with Crippen LogP contribution in [0.4, 0.5) is 4.39 Å². The molecule has 1 nitrogen and oxygen atoms in total. The van der Waals surface area contributed by atoms with E-state index in [-0.39, 0.29) is 18.0 Å². The minimum absolute atomic E-state index is 0.0422. The van der Waals surface area contributed by atoms with Crippen molar-refractivity contribution >= 4 is 17.4 Å². The summed E-state index contributed by atoms with van der Waals surface area (Å²) in [7, 11) is 0. The molecule has 0 unspecified atom stereocenters. The molecular formula is C10H10ClFO. The Balaban J connectivity index is 2.58. The Labute approximate surface area is 81.5 Å². The molecule has 1 rings (SSSR count). The third kappa shape index (κ3) is 3.55. The van der Waals surface area contributed by atoms with Crippen molar-refractivity contribution in [1.29, 1.82) is 0 Å². The highest BCUT2D eigenvalue weighted by Gasteiger charge is 2.03. The van der Waals surface area contributed by atoms with Gasteiger partial charge < -0.3 is 0 Å². The highest BCUT2D eigenvalue weighted by atomic mass is 35.5. The molecule has 0 N–H and O–H groups in total. The molecule has 0 aliphatic carbocycles. The Morgan fingerprint density at radius 1 is 1.46 bits per heavy atom. The van der Waals surface area contributed by atoms with Crippen molar-refractivity contribution in [3.05, 3.63) is 35.6 Å². The molecule has 0 spiro atoms. The fourth-order valence-corrected chi connectivity index (χ4v) is 1.28. The van der Waals surface area contributed by atoms with Crippen LogP contribution < -0.4 is 0 Å². The number of Topliss-reactive ketones (excluding diaryl/α,β-unsaturated/α-hetero) is 1. The zero-order chi connectivity index (χ0) is 9.68. The number of halogens is 2. The lowest BCUT2D eigenvalue weighted by atomic mass is 10.1.